The Bertz CT molecular complexity index is 830. The van der Waals surface area contributed by atoms with Gasteiger partial charge < -0.3 is 20.9 Å². The Morgan fingerprint density at radius 1 is 0.897 bits per heavy atom. The quantitative estimate of drug-likeness (QED) is 0.607. The van der Waals surface area contributed by atoms with E-state index in [-0.39, 0.29) is 24.3 Å². The number of rotatable bonds is 9. The lowest BCUT2D eigenvalue weighted by Crippen LogP contribution is -2.23. The molecule has 2 aromatic rings. The van der Waals surface area contributed by atoms with Crippen molar-refractivity contribution in [3.8, 4) is 0 Å². The highest BCUT2D eigenvalue weighted by atomic mass is 16.2. The molecule has 0 saturated carbocycles. The fourth-order valence-electron chi connectivity index (χ4n) is 2.62. The van der Waals surface area contributed by atoms with Gasteiger partial charge in [-0.2, -0.15) is 0 Å². The molecule has 0 spiro atoms. The van der Waals surface area contributed by atoms with Crippen molar-refractivity contribution in [1.29, 1.82) is 0 Å². The molecule has 3 amide bonds. The van der Waals surface area contributed by atoms with Crippen molar-refractivity contribution in [2.75, 3.05) is 37.8 Å². The van der Waals surface area contributed by atoms with Crippen molar-refractivity contribution < 1.29 is 14.4 Å². The second-order valence-corrected chi connectivity index (χ2v) is 6.82. The topological polar surface area (TPSA) is 90.5 Å². The lowest BCUT2D eigenvalue weighted by molar-refractivity contribution is -0.128. The van der Waals surface area contributed by atoms with Gasteiger partial charge in [-0.1, -0.05) is 12.1 Å². The molecule has 0 fully saturated rings. The molecule has 0 unspecified atom stereocenters. The molecular weight excluding hydrogens is 368 g/mol. The van der Waals surface area contributed by atoms with Crippen LogP contribution in [0.3, 0.4) is 0 Å². The zero-order valence-electron chi connectivity index (χ0n) is 17.1. The zero-order valence-corrected chi connectivity index (χ0v) is 17.1. The number of anilines is 2. The van der Waals surface area contributed by atoms with Gasteiger partial charge >= 0.3 is 0 Å². The van der Waals surface area contributed by atoms with Crippen molar-refractivity contribution >= 4 is 29.1 Å². The number of amides is 3. The van der Waals surface area contributed by atoms with E-state index in [1.807, 2.05) is 31.2 Å². The Kier molecular flexibility index (Phi) is 8.21. The van der Waals surface area contributed by atoms with E-state index in [9.17, 15) is 14.4 Å². The van der Waals surface area contributed by atoms with E-state index in [0.29, 0.717) is 30.6 Å². The first kappa shape index (κ1) is 21.9. The molecule has 2 rings (SSSR count). The van der Waals surface area contributed by atoms with Crippen LogP contribution in [0.5, 0.6) is 0 Å². The van der Waals surface area contributed by atoms with E-state index in [1.165, 1.54) is 0 Å². The highest BCUT2D eigenvalue weighted by Gasteiger charge is 2.07. The average Bonchev–Trinajstić information content (AvgIpc) is 2.72. The highest BCUT2D eigenvalue weighted by Crippen LogP contribution is 2.12. The SMILES string of the molecule is CCNC(=O)c1ccc(NCC(=O)Nc2ccc(CCC(=O)N(C)C)cc2)cc1. The van der Waals surface area contributed by atoms with E-state index in [4.69, 9.17) is 0 Å². The summed E-state index contributed by atoms with van der Waals surface area (Å²) < 4.78 is 0. The maximum atomic E-state index is 12.1. The molecule has 29 heavy (non-hydrogen) atoms. The van der Waals surface area contributed by atoms with Crippen molar-refractivity contribution in [1.82, 2.24) is 10.2 Å². The second kappa shape index (κ2) is 10.8. The largest absolute Gasteiger partial charge is 0.376 e. The van der Waals surface area contributed by atoms with Gasteiger partial charge in [-0.15, -0.1) is 0 Å². The van der Waals surface area contributed by atoms with Gasteiger partial charge in [0.2, 0.25) is 11.8 Å². The molecule has 7 heteroatoms. The molecular formula is C22H28N4O3. The van der Waals surface area contributed by atoms with Crippen LogP contribution in [0.2, 0.25) is 0 Å². The maximum absolute atomic E-state index is 12.1. The number of benzene rings is 2. The Morgan fingerprint density at radius 3 is 2.10 bits per heavy atom. The summed E-state index contributed by atoms with van der Waals surface area (Å²) in [6.45, 7) is 2.56. The zero-order chi connectivity index (χ0) is 21.2. The van der Waals surface area contributed by atoms with Crippen LogP contribution in [-0.4, -0.2) is 49.8 Å². The van der Waals surface area contributed by atoms with E-state index >= 15 is 0 Å². The van der Waals surface area contributed by atoms with Gasteiger partial charge in [-0.3, -0.25) is 14.4 Å². The minimum absolute atomic E-state index is 0.0903. The molecule has 2 aromatic carbocycles. The van der Waals surface area contributed by atoms with Crippen LogP contribution in [0.1, 0.15) is 29.3 Å². The lowest BCUT2D eigenvalue weighted by atomic mass is 10.1. The summed E-state index contributed by atoms with van der Waals surface area (Å²) in [7, 11) is 3.49. The van der Waals surface area contributed by atoms with Gasteiger partial charge in [-0.25, -0.2) is 0 Å². The predicted molar refractivity (Wildman–Crippen MR) is 115 cm³/mol. The first-order chi connectivity index (χ1) is 13.9. The predicted octanol–water partition coefficient (Wildman–Crippen LogP) is 2.51. The van der Waals surface area contributed by atoms with Crippen molar-refractivity contribution in [3.05, 3.63) is 59.7 Å². The fraction of sp³-hybridized carbons (Fsp3) is 0.318. The van der Waals surface area contributed by atoms with Crippen LogP contribution >= 0.6 is 0 Å². The van der Waals surface area contributed by atoms with Crippen molar-refractivity contribution in [3.63, 3.8) is 0 Å². The molecule has 0 aliphatic rings. The number of carbonyl (C=O) groups is 3. The third kappa shape index (κ3) is 7.29. The highest BCUT2D eigenvalue weighted by molar-refractivity contribution is 5.95. The molecule has 0 bridgehead atoms. The Balaban J connectivity index is 1.79. The average molecular weight is 396 g/mol. The van der Waals surface area contributed by atoms with Crippen LogP contribution in [0, 0.1) is 0 Å². The van der Waals surface area contributed by atoms with Gasteiger partial charge in [0.25, 0.3) is 5.91 Å². The third-order valence-corrected chi connectivity index (χ3v) is 4.30. The molecule has 0 heterocycles. The molecule has 0 atom stereocenters. The molecule has 7 nitrogen and oxygen atoms in total. The van der Waals surface area contributed by atoms with Gasteiger partial charge in [0.05, 0.1) is 6.54 Å². The molecule has 0 aliphatic heterocycles. The number of nitrogens with zero attached hydrogens (tertiary/aromatic N) is 1. The Labute approximate surface area is 171 Å². The number of nitrogens with one attached hydrogen (secondary N) is 3. The summed E-state index contributed by atoms with van der Waals surface area (Å²) in [6, 6.07) is 14.4. The van der Waals surface area contributed by atoms with Crippen molar-refractivity contribution in [2.24, 2.45) is 0 Å². The van der Waals surface area contributed by atoms with Gasteiger partial charge in [-0.05, 0) is 55.3 Å². The first-order valence-electron chi connectivity index (χ1n) is 9.60. The summed E-state index contributed by atoms with van der Waals surface area (Å²) in [5.41, 5.74) is 3.08. The molecule has 3 N–H and O–H groups in total. The smallest absolute Gasteiger partial charge is 0.251 e. The summed E-state index contributed by atoms with van der Waals surface area (Å²) in [5, 5.41) is 8.60. The number of carbonyl (C=O) groups excluding carboxylic acids is 3. The summed E-state index contributed by atoms with van der Waals surface area (Å²) >= 11 is 0. The Morgan fingerprint density at radius 2 is 1.52 bits per heavy atom. The molecule has 0 aromatic heterocycles. The maximum Gasteiger partial charge on any atom is 0.251 e. The molecule has 0 saturated heterocycles. The fourth-order valence-corrected chi connectivity index (χ4v) is 2.62. The number of hydrogen-bond donors (Lipinski definition) is 3. The van der Waals surface area contributed by atoms with E-state index < -0.39 is 0 Å². The van der Waals surface area contributed by atoms with Crippen LogP contribution < -0.4 is 16.0 Å². The van der Waals surface area contributed by atoms with Crippen LogP contribution in [-0.2, 0) is 16.0 Å². The summed E-state index contributed by atoms with van der Waals surface area (Å²) in [4.78, 5) is 37.1. The first-order valence-corrected chi connectivity index (χ1v) is 9.60. The number of hydrogen-bond acceptors (Lipinski definition) is 4. The standard InChI is InChI=1S/C22H28N4O3/c1-4-23-22(29)17-8-12-18(13-9-17)24-15-20(27)25-19-10-5-16(6-11-19)7-14-21(28)26(2)3/h5-6,8-13,24H,4,7,14-15H2,1-3H3,(H,23,29)(H,25,27). The minimum atomic E-state index is -0.173. The number of aryl methyl sites for hydroxylation is 1. The monoisotopic (exact) mass is 396 g/mol. The lowest BCUT2D eigenvalue weighted by Gasteiger charge is -2.11. The summed E-state index contributed by atoms with van der Waals surface area (Å²) in [5.74, 6) is -0.202. The molecule has 0 radical (unpaired) electrons. The van der Waals surface area contributed by atoms with Gasteiger partial charge in [0.15, 0.2) is 0 Å². The molecule has 154 valence electrons. The van der Waals surface area contributed by atoms with E-state index in [0.717, 1.165) is 11.3 Å². The van der Waals surface area contributed by atoms with Gasteiger partial charge in [0, 0.05) is 44.0 Å². The normalized spacial score (nSPS) is 10.2. The summed E-state index contributed by atoms with van der Waals surface area (Å²) in [6.07, 6.45) is 1.13. The van der Waals surface area contributed by atoms with Crippen molar-refractivity contribution in [2.45, 2.75) is 19.8 Å². The molecule has 0 aliphatic carbocycles. The second-order valence-electron chi connectivity index (χ2n) is 6.82. The van der Waals surface area contributed by atoms with Crippen LogP contribution in [0.4, 0.5) is 11.4 Å². The van der Waals surface area contributed by atoms with E-state index in [1.54, 1.807) is 43.3 Å². The van der Waals surface area contributed by atoms with E-state index in [2.05, 4.69) is 16.0 Å². The van der Waals surface area contributed by atoms with Crippen LogP contribution in [0.25, 0.3) is 0 Å². The third-order valence-electron chi connectivity index (χ3n) is 4.30. The van der Waals surface area contributed by atoms with Crippen LogP contribution in [0.15, 0.2) is 48.5 Å². The van der Waals surface area contributed by atoms with Gasteiger partial charge in [0.1, 0.15) is 0 Å². The Hall–Kier alpha value is -3.35. The minimum Gasteiger partial charge on any atom is -0.376 e.